The number of carbonyl (C=O) groups excluding carboxylic acids is 1. The van der Waals surface area contributed by atoms with Crippen molar-refractivity contribution in [3.8, 4) is 0 Å². The Morgan fingerprint density at radius 1 is 0.733 bits per heavy atom. The van der Waals surface area contributed by atoms with E-state index in [1.807, 2.05) is 6.08 Å². The van der Waals surface area contributed by atoms with E-state index in [4.69, 9.17) is 0 Å². The Balaban J connectivity index is 1.18. The van der Waals surface area contributed by atoms with Gasteiger partial charge >= 0.3 is 5.97 Å². The lowest BCUT2D eigenvalue weighted by Gasteiger charge is -2.60. The quantitative estimate of drug-likeness (QED) is 0.0512. The van der Waals surface area contributed by atoms with Gasteiger partial charge in [-0.15, -0.1) is 0 Å². The number of rotatable bonds is 19. The molecule has 0 aromatic heterocycles. The normalized spacial score (nSPS) is 33.9. The summed E-state index contributed by atoms with van der Waals surface area (Å²) in [6, 6.07) is 0. The highest BCUT2D eigenvalue weighted by Gasteiger charge is 2.60. The molecule has 3 nitrogen and oxygen atoms in total. The molecule has 4 saturated carbocycles. The van der Waals surface area contributed by atoms with E-state index in [0.29, 0.717) is 17.8 Å². The fraction of sp³-hybridized carbons (Fsp3) is 0.857. The van der Waals surface area contributed by atoms with Crippen molar-refractivity contribution >= 4 is 11.8 Å². The Labute approximate surface area is 277 Å². The molecule has 0 heterocycles. The van der Waals surface area contributed by atoms with Crippen molar-refractivity contribution in [3.63, 3.8) is 0 Å². The number of Topliss-reactive ketones (excluding diaryl/α,β-unsaturated/α-hetero) is 1. The van der Waals surface area contributed by atoms with Gasteiger partial charge < -0.3 is 5.11 Å². The maximum Gasteiger partial charge on any atom is 0.339 e. The van der Waals surface area contributed by atoms with Crippen molar-refractivity contribution < 1.29 is 14.7 Å². The van der Waals surface area contributed by atoms with Gasteiger partial charge in [-0.3, -0.25) is 4.79 Å². The van der Waals surface area contributed by atoms with E-state index in [-0.39, 0.29) is 22.7 Å². The predicted octanol–water partition coefficient (Wildman–Crippen LogP) is 12.3. The van der Waals surface area contributed by atoms with Gasteiger partial charge in [0.1, 0.15) is 0 Å². The standard InChI is InChI=1S/C42H70O3/c1-5-6-7-8-9-10-11-12-13-14-15-16-17-18-19-23-39(43)35(40(44)45)31-32(2)36-26-27-37-34-25-24-33-22-20-21-29-41(33,3)38(34)28-30-42(36,37)4/h12-13,31-34,36-38H,5-11,14-30H2,1-4H3,(H,44,45)/t32-,33?,34+,36-,37+,38+,41+,42-/m1/s1. The second-order valence-corrected chi connectivity index (χ2v) is 16.6. The molecule has 4 aliphatic rings. The molecule has 1 N–H and O–H groups in total. The van der Waals surface area contributed by atoms with Gasteiger partial charge in [0.2, 0.25) is 0 Å². The zero-order valence-electron chi connectivity index (χ0n) is 29.9. The Bertz CT molecular complexity index is 994. The van der Waals surface area contributed by atoms with Gasteiger partial charge in [-0.2, -0.15) is 0 Å². The van der Waals surface area contributed by atoms with Crippen LogP contribution in [0.4, 0.5) is 0 Å². The average molecular weight is 623 g/mol. The van der Waals surface area contributed by atoms with Crippen molar-refractivity contribution in [2.24, 2.45) is 46.3 Å². The molecule has 0 aliphatic heterocycles. The van der Waals surface area contributed by atoms with Crippen LogP contribution in [0.25, 0.3) is 0 Å². The van der Waals surface area contributed by atoms with Crippen LogP contribution in [-0.4, -0.2) is 16.9 Å². The smallest absolute Gasteiger partial charge is 0.339 e. The molecule has 0 amide bonds. The molecule has 0 spiro atoms. The Morgan fingerprint density at radius 3 is 2.07 bits per heavy atom. The number of hydrogen-bond acceptors (Lipinski definition) is 2. The summed E-state index contributed by atoms with van der Waals surface area (Å²) in [5.41, 5.74) is 0.901. The average Bonchev–Trinajstić information content (AvgIpc) is 3.38. The highest BCUT2D eigenvalue weighted by Crippen LogP contribution is 2.68. The lowest BCUT2D eigenvalue weighted by molar-refractivity contribution is -0.134. The maximum atomic E-state index is 13.1. The molecule has 0 aromatic carbocycles. The lowest BCUT2D eigenvalue weighted by atomic mass is 9.44. The zero-order chi connectivity index (χ0) is 32.3. The third kappa shape index (κ3) is 9.16. The van der Waals surface area contributed by atoms with Gasteiger partial charge in [-0.25, -0.2) is 4.79 Å². The topological polar surface area (TPSA) is 54.4 Å². The second-order valence-electron chi connectivity index (χ2n) is 16.6. The van der Waals surface area contributed by atoms with Crippen LogP contribution in [0.5, 0.6) is 0 Å². The molecular formula is C42H70O3. The van der Waals surface area contributed by atoms with Crippen molar-refractivity contribution in [3.05, 3.63) is 23.8 Å². The first kappa shape index (κ1) is 36.5. The predicted molar refractivity (Wildman–Crippen MR) is 189 cm³/mol. The van der Waals surface area contributed by atoms with Crippen LogP contribution in [0, 0.1) is 46.3 Å². The van der Waals surface area contributed by atoms with E-state index in [1.165, 1.54) is 122 Å². The summed E-state index contributed by atoms with van der Waals surface area (Å²) in [5, 5.41) is 10.1. The molecule has 1 unspecified atom stereocenters. The summed E-state index contributed by atoms with van der Waals surface area (Å²) in [7, 11) is 0. The molecule has 4 fully saturated rings. The van der Waals surface area contributed by atoms with E-state index >= 15 is 0 Å². The minimum Gasteiger partial charge on any atom is -0.478 e. The molecule has 0 aromatic rings. The van der Waals surface area contributed by atoms with Crippen molar-refractivity contribution in [2.75, 3.05) is 0 Å². The molecule has 8 atom stereocenters. The largest absolute Gasteiger partial charge is 0.478 e. The number of ketones is 1. The first-order chi connectivity index (χ1) is 21.7. The van der Waals surface area contributed by atoms with Crippen LogP contribution < -0.4 is 0 Å². The Hall–Kier alpha value is -1.38. The highest BCUT2D eigenvalue weighted by molar-refractivity contribution is 6.16. The van der Waals surface area contributed by atoms with Gasteiger partial charge in [0.15, 0.2) is 5.78 Å². The number of carboxylic acid groups (broad SMARTS) is 1. The number of carbonyl (C=O) groups is 2. The minimum absolute atomic E-state index is 0.0639. The van der Waals surface area contributed by atoms with Crippen LogP contribution >= 0.6 is 0 Å². The van der Waals surface area contributed by atoms with Crippen LogP contribution in [-0.2, 0) is 9.59 Å². The SMILES string of the molecule is CCCCCCCCC=CCCCCCCCC(=O)C(=C[C@@H](C)[C@H]1CC[C@H]2[C@@H]3CCC4CCCC[C@]4(C)[C@H]3CC[C@]12C)C(=O)O. The molecule has 0 saturated heterocycles. The highest BCUT2D eigenvalue weighted by atomic mass is 16.4. The third-order valence-corrected chi connectivity index (χ3v) is 13.9. The number of aliphatic carboxylic acids is 1. The molecule has 0 bridgehead atoms. The molecular weight excluding hydrogens is 552 g/mol. The number of carboxylic acids is 1. The third-order valence-electron chi connectivity index (χ3n) is 13.9. The minimum atomic E-state index is -1.02. The van der Waals surface area contributed by atoms with E-state index in [1.54, 1.807) is 0 Å². The van der Waals surface area contributed by atoms with Gasteiger partial charge in [0.25, 0.3) is 0 Å². The molecule has 4 rings (SSSR count). The fourth-order valence-electron chi connectivity index (χ4n) is 11.4. The number of hydrogen-bond donors (Lipinski definition) is 1. The summed E-state index contributed by atoms with van der Waals surface area (Å²) in [5.74, 6) is 2.92. The van der Waals surface area contributed by atoms with Gasteiger partial charge in [-0.1, -0.05) is 110 Å². The molecule has 45 heavy (non-hydrogen) atoms. The van der Waals surface area contributed by atoms with Crippen LogP contribution in [0.15, 0.2) is 23.8 Å². The number of fused-ring (bicyclic) bond motifs is 5. The monoisotopic (exact) mass is 623 g/mol. The summed E-state index contributed by atoms with van der Waals surface area (Å²) >= 11 is 0. The first-order valence-corrected chi connectivity index (χ1v) is 19.9. The number of unbranched alkanes of at least 4 members (excludes halogenated alkanes) is 11. The van der Waals surface area contributed by atoms with Crippen molar-refractivity contribution in [1.82, 2.24) is 0 Å². The Kier molecular flexibility index (Phi) is 14.3. The Morgan fingerprint density at radius 2 is 1.38 bits per heavy atom. The fourth-order valence-corrected chi connectivity index (χ4v) is 11.4. The van der Waals surface area contributed by atoms with Gasteiger partial charge in [0.05, 0.1) is 5.57 Å². The summed E-state index contributed by atoms with van der Waals surface area (Å²) in [6.45, 7) is 9.67. The summed E-state index contributed by atoms with van der Waals surface area (Å²) < 4.78 is 0. The lowest BCUT2D eigenvalue weighted by Crippen LogP contribution is -2.53. The second kappa shape index (κ2) is 17.7. The van der Waals surface area contributed by atoms with Crippen LogP contribution in [0.2, 0.25) is 0 Å². The van der Waals surface area contributed by atoms with Gasteiger partial charge in [-0.05, 0) is 130 Å². The molecule has 0 radical (unpaired) electrons. The van der Waals surface area contributed by atoms with E-state index in [0.717, 1.165) is 49.4 Å². The number of allylic oxidation sites excluding steroid dienone is 3. The zero-order valence-corrected chi connectivity index (χ0v) is 29.9. The molecule has 3 heteroatoms. The van der Waals surface area contributed by atoms with Crippen LogP contribution in [0.1, 0.15) is 182 Å². The van der Waals surface area contributed by atoms with E-state index in [2.05, 4.69) is 39.8 Å². The molecule has 256 valence electrons. The van der Waals surface area contributed by atoms with Crippen molar-refractivity contribution in [2.45, 2.75) is 182 Å². The van der Waals surface area contributed by atoms with Crippen molar-refractivity contribution in [1.29, 1.82) is 0 Å². The van der Waals surface area contributed by atoms with E-state index < -0.39 is 5.97 Å². The summed E-state index contributed by atoms with van der Waals surface area (Å²) in [4.78, 5) is 25.4. The van der Waals surface area contributed by atoms with Gasteiger partial charge in [0, 0.05) is 6.42 Å². The van der Waals surface area contributed by atoms with E-state index in [9.17, 15) is 14.7 Å². The summed E-state index contributed by atoms with van der Waals surface area (Å²) in [6.07, 6.45) is 36.6. The van der Waals surface area contributed by atoms with Crippen LogP contribution in [0.3, 0.4) is 0 Å². The maximum absolute atomic E-state index is 13.1. The first-order valence-electron chi connectivity index (χ1n) is 19.9. The molecule has 4 aliphatic carbocycles.